The fraction of sp³-hybridized carbons (Fsp3) is 0.722. The van der Waals surface area contributed by atoms with Gasteiger partial charge in [0.25, 0.3) is 0 Å². The molecule has 21 heavy (non-hydrogen) atoms. The summed E-state index contributed by atoms with van der Waals surface area (Å²) in [6.07, 6.45) is 8.36. The molecule has 1 saturated carbocycles. The minimum Gasteiger partial charge on any atom is -0.478 e. The first-order valence-corrected chi connectivity index (χ1v) is 8.40. The van der Waals surface area contributed by atoms with Gasteiger partial charge in [-0.1, -0.05) is 27.2 Å². The molecule has 1 N–H and O–H groups in total. The standard InChI is InChI=1S/C18H30N2O/c1-5-18(3,4)14-7-9-15(10-8-14)20-16-11-12-17(19-13-16)21-6-2/h11-15,20H,5-10H2,1-4H3. The number of hydrogen-bond donors (Lipinski definition) is 1. The second-order valence-corrected chi connectivity index (χ2v) is 6.85. The van der Waals surface area contributed by atoms with Gasteiger partial charge in [-0.25, -0.2) is 4.98 Å². The molecule has 1 heterocycles. The van der Waals surface area contributed by atoms with Gasteiger partial charge < -0.3 is 10.1 Å². The summed E-state index contributed by atoms with van der Waals surface area (Å²) in [6, 6.07) is 4.60. The summed E-state index contributed by atoms with van der Waals surface area (Å²) in [7, 11) is 0. The highest BCUT2D eigenvalue weighted by molar-refractivity contribution is 5.43. The normalized spacial score (nSPS) is 22.9. The summed E-state index contributed by atoms with van der Waals surface area (Å²) in [5, 5.41) is 3.62. The van der Waals surface area contributed by atoms with Gasteiger partial charge >= 0.3 is 0 Å². The Morgan fingerprint density at radius 3 is 2.43 bits per heavy atom. The molecule has 3 nitrogen and oxygen atoms in total. The van der Waals surface area contributed by atoms with Gasteiger partial charge in [0, 0.05) is 12.1 Å². The van der Waals surface area contributed by atoms with Crippen molar-refractivity contribution >= 4 is 5.69 Å². The van der Waals surface area contributed by atoms with Crippen LogP contribution < -0.4 is 10.1 Å². The largest absolute Gasteiger partial charge is 0.478 e. The van der Waals surface area contributed by atoms with Gasteiger partial charge in [-0.05, 0) is 50.0 Å². The highest BCUT2D eigenvalue weighted by atomic mass is 16.5. The fourth-order valence-electron chi connectivity index (χ4n) is 3.24. The maximum atomic E-state index is 5.38. The van der Waals surface area contributed by atoms with Gasteiger partial charge in [0.1, 0.15) is 0 Å². The highest BCUT2D eigenvalue weighted by Crippen LogP contribution is 2.40. The Hall–Kier alpha value is -1.25. The predicted octanol–water partition coefficient (Wildman–Crippen LogP) is 4.89. The molecule has 2 rings (SSSR count). The van der Waals surface area contributed by atoms with E-state index in [2.05, 4.69) is 37.1 Å². The lowest BCUT2D eigenvalue weighted by molar-refractivity contribution is 0.147. The highest BCUT2D eigenvalue weighted by Gasteiger charge is 2.31. The Labute approximate surface area is 129 Å². The lowest BCUT2D eigenvalue weighted by Gasteiger charge is -2.39. The second-order valence-electron chi connectivity index (χ2n) is 6.85. The number of ether oxygens (including phenoxy) is 1. The molecule has 0 aliphatic heterocycles. The van der Waals surface area contributed by atoms with Crippen LogP contribution in [0.5, 0.6) is 5.88 Å². The van der Waals surface area contributed by atoms with E-state index in [1.54, 1.807) is 0 Å². The second kappa shape index (κ2) is 7.15. The van der Waals surface area contributed by atoms with E-state index in [1.165, 1.54) is 32.1 Å². The number of hydrogen-bond acceptors (Lipinski definition) is 3. The smallest absolute Gasteiger partial charge is 0.213 e. The SMILES string of the molecule is CCOc1ccc(NC2CCC(C(C)(C)CC)CC2)cn1. The quantitative estimate of drug-likeness (QED) is 0.810. The molecule has 1 fully saturated rings. The molecule has 0 aromatic carbocycles. The van der Waals surface area contributed by atoms with Gasteiger partial charge in [0.2, 0.25) is 5.88 Å². The third kappa shape index (κ3) is 4.36. The minimum atomic E-state index is 0.492. The van der Waals surface area contributed by atoms with E-state index in [4.69, 9.17) is 4.74 Å². The van der Waals surface area contributed by atoms with Gasteiger partial charge in [-0.15, -0.1) is 0 Å². The molecule has 0 bridgehead atoms. The number of nitrogens with zero attached hydrogens (tertiary/aromatic N) is 1. The Morgan fingerprint density at radius 1 is 1.19 bits per heavy atom. The zero-order valence-electron chi connectivity index (χ0n) is 14.0. The number of pyridine rings is 1. The molecular weight excluding hydrogens is 260 g/mol. The van der Waals surface area contributed by atoms with Crippen LogP contribution in [0.25, 0.3) is 0 Å². The van der Waals surface area contributed by atoms with Gasteiger partial charge in [-0.2, -0.15) is 0 Å². The minimum absolute atomic E-state index is 0.492. The van der Waals surface area contributed by atoms with Crippen LogP contribution in [0.15, 0.2) is 18.3 Å². The van der Waals surface area contributed by atoms with E-state index in [9.17, 15) is 0 Å². The maximum Gasteiger partial charge on any atom is 0.213 e. The van der Waals surface area contributed by atoms with Gasteiger partial charge in [-0.3, -0.25) is 0 Å². The van der Waals surface area contributed by atoms with Gasteiger partial charge in [0.05, 0.1) is 18.5 Å². The first-order chi connectivity index (χ1) is 10.0. The molecule has 1 aromatic heterocycles. The summed E-state index contributed by atoms with van der Waals surface area (Å²) in [5.74, 6) is 1.58. The van der Waals surface area contributed by atoms with Crippen LogP contribution in [0.4, 0.5) is 5.69 Å². The molecule has 0 amide bonds. The van der Waals surface area contributed by atoms with Crippen molar-refractivity contribution in [2.75, 3.05) is 11.9 Å². The molecule has 1 aliphatic rings. The lowest BCUT2D eigenvalue weighted by atomic mass is 9.69. The summed E-state index contributed by atoms with van der Waals surface area (Å²) < 4.78 is 5.38. The summed E-state index contributed by atoms with van der Waals surface area (Å²) >= 11 is 0. The average Bonchev–Trinajstić information content (AvgIpc) is 2.50. The van der Waals surface area contributed by atoms with Gasteiger partial charge in [0.15, 0.2) is 0 Å². The summed E-state index contributed by atoms with van der Waals surface area (Å²) in [6.45, 7) is 9.79. The van der Waals surface area contributed by atoms with E-state index in [0.29, 0.717) is 23.9 Å². The predicted molar refractivity (Wildman–Crippen MR) is 88.8 cm³/mol. The van der Waals surface area contributed by atoms with Crippen LogP contribution in [0.2, 0.25) is 0 Å². The third-order valence-corrected chi connectivity index (χ3v) is 5.14. The monoisotopic (exact) mass is 290 g/mol. The van der Waals surface area contributed by atoms with Crippen LogP contribution >= 0.6 is 0 Å². The molecule has 0 atom stereocenters. The average molecular weight is 290 g/mol. The molecule has 0 spiro atoms. The zero-order chi connectivity index (χ0) is 15.3. The third-order valence-electron chi connectivity index (χ3n) is 5.14. The molecule has 1 aromatic rings. The maximum absolute atomic E-state index is 5.38. The van der Waals surface area contributed by atoms with Crippen molar-refractivity contribution in [2.45, 2.75) is 65.8 Å². The van der Waals surface area contributed by atoms with Crippen molar-refractivity contribution < 1.29 is 4.74 Å². The van der Waals surface area contributed by atoms with E-state index in [-0.39, 0.29) is 0 Å². The van der Waals surface area contributed by atoms with Crippen molar-refractivity contribution in [3.8, 4) is 5.88 Å². The molecule has 3 heteroatoms. The number of anilines is 1. The van der Waals surface area contributed by atoms with Crippen LogP contribution in [0, 0.1) is 11.3 Å². The Kier molecular flexibility index (Phi) is 5.49. The van der Waals surface area contributed by atoms with Crippen LogP contribution in [0.1, 0.15) is 59.8 Å². The first-order valence-electron chi connectivity index (χ1n) is 8.40. The topological polar surface area (TPSA) is 34.1 Å². The molecule has 0 saturated heterocycles. The molecule has 118 valence electrons. The van der Waals surface area contributed by atoms with Crippen molar-refractivity contribution in [1.82, 2.24) is 4.98 Å². The molecular formula is C18H30N2O. The van der Waals surface area contributed by atoms with Crippen molar-refractivity contribution in [2.24, 2.45) is 11.3 Å². The lowest BCUT2D eigenvalue weighted by Crippen LogP contribution is -2.32. The van der Waals surface area contributed by atoms with Crippen molar-refractivity contribution in [3.63, 3.8) is 0 Å². The van der Waals surface area contributed by atoms with E-state index >= 15 is 0 Å². The summed E-state index contributed by atoms with van der Waals surface area (Å²) in [5.41, 5.74) is 1.60. The number of nitrogens with one attached hydrogen (secondary N) is 1. The Morgan fingerprint density at radius 2 is 1.90 bits per heavy atom. The molecule has 1 aliphatic carbocycles. The van der Waals surface area contributed by atoms with E-state index in [0.717, 1.165) is 11.6 Å². The Balaban J connectivity index is 1.83. The summed E-state index contributed by atoms with van der Waals surface area (Å²) in [4.78, 5) is 4.32. The first kappa shape index (κ1) is 16.1. The van der Waals surface area contributed by atoms with E-state index < -0.39 is 0 Å². The van der Waals surface area contributed by atoms with Crippen LogP contribution in [0.3, 0.4) is 0 Å². The zero-order valence-corrected chi connectivity index (χ0v) is 14.0. The van der Waals surface area contributed by atoms with Crippen molar-refractivity contribution in [3.05, 3.63) is 18.3 Å². The number of aromatic nitrogens is 1. The van der Waals surface area contributed by atoms with Crippen molar-refractivity contribution in [1.29, 1.82) is 0 Å². The molecule has 0 unspecified atom stereocenters. The molecule has 0 radical (unpaired) electrons. The fourth-order valence-corrected chi connectivity index (χ4v) is 3.24. The number of rotatable bonds is 6. The van der Waals surface area contributed by atoms with Crippen LogP contribution in [-0.4, -0.2) is 17.6 Å². The Bertz CT molecular complexity index is 419. The van der Waals surface area contributed by atoms with E-state index in [1.807, 2.05) is 19.2 Å². The van der Waals surface area contributed by atoms with Crippen LogP contribution in [-0.2, 0) is 0 Å².